The summed E-state index contributed by atoms with van der Waals surface area (Å²) in [6.45, 7) is -0.366. The van der Waals surface area contributed by atoms with E-state index in [-0.39, 0.29) is 31.4 Å². The molecule has 0 unspecified atom stereocenters. The Balaban J connectivity index is 2.35. The first-order chi connectivity index (χ1) is 11.7. The highest BCUT2D eigenvalue weighted by atomic mass is 32.2. The number of aromatic nitrogens is 1. The molecule has 1 aromatic heterocycles. The zero-order chi connectivity index (χ0) is 18.7. The number of pyridine rings is 1. The SMILES string of the molecule is CO[C@@H]1CCN(c2ncc(S(=O)(=O)NCCCF)cc2C(F)(F)F)C1. The summed E-state index contributed by atoms with van der Waals surface area (Å²) in [5, 5.41) is 0. The third kappa shape index (κ3) is 4.79. The summed E-state index contributed by atoms with van der Waals surface area (Å²) >= 11 is 0. The smallest absolute Gasteiger partial charge is 0.380 e. The first-order valence-electron chi connectivity index (χ1n) is 7.59. The summed E-state index contributed by atoms with van der Waals surface area (Å²) in [6.07, 6.45) is -3.60. The Hall–Kier alpha value is -1.46. The van der Waals surface area contributed by atoms with Crippen LogP contribution in [0.25, 0.3) is 0 Å². The molecule has 0 amide bonds. The molecule has 0 aliphatic carbocycles. The van der Waals surface area contributed by atoms with Gasteiger partial charge in [-0.15, -0.1) is 0 Å². The van der Waals surface area contributed by atoms with Gasteiger partial charge in [0.25, 0.3) is 0 Å². The van der Waals surface area contributed by atoms with Crippen molar-refractivity contribution in [3.05, 3.63) is 17.8 Å². The highest BCUT2D eigenvalue weighted by Crippen LogP contribution is 2.37. The fraction of sp³-hybridized carbons (Fsp3) is 0.643. The number of sulfonamides is 1. The predicted molar refractivity (Wildman–Crippen MR) is 82.6 cm³/mol. The minimum atomic E-state index is -4.77. The molecule has 1 saturated heterocycles. The first kappa shape index (κ1) is 19.9. The molecule has 0 spiro atoms. The molecule has 2 heterocycles. The Morgan fingerprint density at radius 3 is 2.72 bits per heavy atom. The zero-order valence-electron chi connectivity index (χ0n) is 13.5. The Morgan fingerprint density at radius 2 is 2.16 bits per heavy atom. The number of hydrogen-bond donors (Lipinski definition) is 1. The van der Waals surface area contributed by atoms with Crippen LogP contribution in [0, 0.1) is 0 Å². The van der Waals surface area contributed by atoms with E-state index in [1.54, 1.807) is 0 Å². The van der Waals surface area contributed by atoms with Crippen molar-refractivity contribution in [3.8, 4) is 0 Å². The van der Waals surface area contributed by atoms with Crippen LogP contribution in [0.3, 0.4) is 0 Å². The topological polar surface area (TPSA) is 71.5 Å². The molecule has 25 heavy (non-hydrogen) atoms. The van der Waals surface area contributed by atoms with E-state index in [4.69, 9.17) is 4.74 Å². The molecule has 6 nitrogen and oxygen atoms in total. The van der Waals surface area contributed by atoms with Gasteiger partial charge in [-0.1, -0.05) is 0 Å². The molecule has 0 bridgehead atoms. The lowest BCUT2D eigenvalue weighted by atomic mass is 10.2. The fourth-order valence-corrected chi connectivity index (χ4v) is 3.56. The molecule has 1 aliphatic rings. The molecule has 1 fully saturated rings. The van der Waals surface area contributed by atoms with Crippen LogP contribution in [0.15, 0.2) is 17.2 Å². The molecule has 0 aromatic carbocycles. The van der Waals surface area contributed by atoms with Crippen LogP contribution in [0.5, 0.6) is 0 Å². The van der Waals surface area contributed by atoms with Crippen LogP contribution < -0.4 is 9.62 Å². The number of nitrogens with zero attached hydrogens (tertiary/aromatic N) is 2. The summed E-state index contributed by atoms with van der Waals surface area (Å²) < 4.78 is 83.5. The Labute approximate surface area is 143 Å². The Morgan fingerprint density at radius 1 is 1.44 bits per heavy atom. The molecule has 1 aliphatic heterocycles. The summed E-state index contributed by atoms with van der Waals surface area (Å²) in [7, 11) is -2.72. The average Bonchev–Trinajstić information content (AvgIpc) is 3.02. The summed E-state index contributed by atoms with van der Waals surface area (Å²) in [4.78, 5) is 4.56. The Kier molecular flexibility index (Phi) is 6.22. The third-order valence-electron chi connectivity index (χ3n) is 3.84. The molecular formula is C14H19F4N3O3S. The molecule has 1 aromatic rings. The maximum atomic E-state index is 13.4. The van der Waals surface area contributed by atoms with Gasteiger partial charge in [-0.3, -0.25) is 4.39 Å². The number of alkyl halides is 4. The van der Waals surface area contributed by atoms with E-state index in [9.17, 15) is 26.0 Å². The van der Waals surface area contributed by atoms with Gasteiger partial charge < -0.3 is 9.64 Å². The molecular weight excluding hydrogens is 366 g/mol. The van der Waals surface area contributed by atoms with Crippen molar-refractivity contribution in [2.75, 3.05) is 38.3 Å². The van der Waals surface area contributed by atoms with Crippen molar-refractivity contribution in [2.45, 2.75) is 30.0 Å². The summed E-state index contributed by atoms with van der Waals surface area (Å²) in [5.74, 6) is -0.324. The molecule has 0 radical (unpaired) electrons. The van der Waals surface area contributed by atoms with Crippen LogP contribution in [0.1, 0.15) is 18.4 Å². The Bertz CT molecular complexity index is 697. The largest absolute Gasteiger partial charge is 0.420 e. The van der Waals surface area contributed by atoms with E-state index in [2.05, 4.69) is 9.71 Å². The van der Waals surface area contributed by atoms with Crippen LogP contribution >= 0.6 is 0 Å². The van der Waals surface area contributed by atoms with E-state index in [1.807, 2.05) is 0 Å². The monoisotopic (exact) mass is 385 g/mol. The van der Waals surface area contributed by atoms with Gasteiger partial charge in [0.15, 0.2) is 0 Å². The second kappa shape index (κ2) is 7.83. The summed E-state index contributed by atoms with van der Waals surface area (Å²) in [5.41, 5.74) is -1.13. The van der Waals surface area contributed by atoms with E-state index in [0.29, 0.717) is 19.0 Å². The van der Waals surface area contributed by atoms with Crippen molar-refractivity contribution in [1.82, 2.24) is 9.71 Å². The zero-order valence-corrected chi connectivity index (χ0v) is 14.3. The van der Waals surface area contributed by atoms with E-state index in [1.165, 1.54) is 12.0 Å². The minimum absolute atomic E-state index is 0.0664. The maximum absolute atomic E-state index is 13.4. The number of anilines is 1. The van der Waals surface area contributed by atoms with E-state index in [0.717, 1.165) is 6.20 Å². The highest BCUT2D eigenvalue weighted by molar-refractivity contribution is 7.89. The van der Waals surface area contributed by atoms with Gasteiger partial charge in [0.2, 0.25) is 10.0 Å². The van der Waals surface area contributed by atoms with Crippen molar-refractivity contribution in [2.24, 2.45) is 0 Å². The lowest BCUT2D eigenvalue weighted by molar-refractivity contribution is -0.137. The average molecular weight is 385 g/mol. The van der Waals surface area contributed by atoms with Crippen LogP contribution in [0.4, 0.5) is 23.4 Å². The summed E-state index contributed by atoms with van der Waals surface area (Å²) in [6, 6.07) is 0.556. The van der Waals surface area contributed by atoms with Gasteiger partial charge in [0.05, 0.1) is 18.3 Å². The quantitative estimate of drug-likeness (QED) is 0.574. The van der Waals surface area contributed by atoms with Gasteiger partial charge in [-0.05, 0) is 18.9 Å². The number of ether oxygens (including phenoxy) is 1. The minimum Gasteiger partial charge on any atom is -0.380 e. The molecule has 0 saturated carbocycles. The van der Waals surface area contributed by atoms with Crippen molar-refractivity contribution < 1.29 is 30.7 Å². The lowest BCUT2D eigenvalue weighted by Crippen LogP contribution is -2.28. The van der Waals surface area contributed by atoms with Crippen LogP contribution in [-0.4, -0.2) is 52.9 Å². The second-order valence-corrected chi connectivity index (χ2v) is 7.34. The van der Waals surface area contributed by atoms with Crippen molar-refractivity contribution in [1.29, 1.82) is 0 Å². The van der Waals surface area contributed by atoms with Crippen molar-refractivity contribution >= 4 is 15.8 Å². The van der Waals surface area contributed by atoms with Crippen molar-refractivity contribution in [3.63, 3.8) is 0 Å². The number of rotatable bonds is 7. The van der Waals surface area contributed by atoms with Gasteiger partial charge in [0, 0.05) is 32.9 Å². The predicted octanol–water partition coefficient (Wildman–Crippen LogP) is 1.96. The maximum Gasteiger partial charge on any atom is 0.420 e. The van der Waals surface area contributed by atoms with Gasteiger partial charge >= 0.3 is 6.18 Å². The highest BCUT2D eigenvalue weighted by Gasteiger charge is 2.38. The van der Waals surface area contributed by atoms with Crippen LogP contribution in [0.2, 0.25) is 0 Å². The number of hydrogen-bond acceptors (Lipinski definition) is 5. The first-order valence-corrected chi connectivity index (χ1v) is 9.08. The van der Waals surface area contributed by atoms with Gasteiger partial charge in [-0.25, -0.2) is 18.1 Å². The van der Waals surface area contributed by atoms with E-state index >= 15 is 0 Å². The van der Waals surface area contributed by atoms with E-state index < -0.39 is 33.3 Å². The number of halogens is 4. The molecule has 142 valence electrons. The normalized spacial score (nSPS) is 18.8. The molecule has 1 atom stereocenters. The molecule has 1 N–H and O–H groups in total. The number of methoxy groups -OCH3 is 1. The lowest BCUT2D eigenvalue weighted by Gasteiger charge is -2.22. The standard InChI is InChI=1S/C14H19F4N3O3S/c1-24-10-3-6-21(9-10)13-12(14(16,17)18)7-11(8-19-13)25(22,23)20-5-2-4-15/h7-8,10,20H,2-6,9H2,1H3/t10-/m1/s1. The van der Waals surface area contributed by atoms with Gasteiger partial charge in [0.1, 0.15) is 10.7 Å². The third-order valence-corrected chi connectivity index (χ3v) is 5.27. The fourth-order valence-electron chi connectivity index (χ4n) is 2.52. The molecule has 11 heteroatoms. The molecule has 2 rings (SSSR count). The second-order valence-electron chi connectivity index (χ2n) is 5.57. The number of nitrogens with one attached hydrogen (secondary N) is 1. The van der Waals surface area contributed by atoms with Gasteiger partial charge in [-0.2, -0.15) is 13.2 Å². The van der Waals surface area contributed by atoms with Crippen LogP contribution in [-0.2, 0) is 20.9 Å².